The fourth-order valence-corrected chi connectivity index (χ4v) is 3.25. The van der Waals surface area contributed by atoms with Crippen LogP contribution in [0.2, 0.25) is 0 Å². The molecule has 1 saturated heterocycles. The number of hydrogen-bond acceptors (Lipinski definition) is 3. The van der Waals surface area contributed by atoms with Gasteiger partial charge in [0.2, 0.25) is 5.82 Å². The van der Waals surface area contributed by atoms with E-state index in [9.17, 15) is 22.4 Å². The van der Waals surface area contributed by atoms with Gasteiger partial charge in [-0.05, 0) is 42.4 Å². The Morgan fingerprint density at radius 2 is 1.83 bits per heavy atom. The standard InChI is InChI=1S/C21H23F4N3O/c1-4-5-6-18(17-7-9-28(10-8-17)19(29)15(3)22)14(2)11-16-12-26-20(27-13-16)21(23,24)25/h4-6,12-13,17H,2-3,7-11H2,1H3/b5-4-,18-6+. The van der Waals surface area contributed by atoms with E-state index < -0.39 is 23.7 Å². The van der Waals surface area contributed by atoms with Gasteiger partial charge in [-0.25, -0.2) is 14.4 Å². The van der Waals surface area contributed by atoms with Gasteiger partial charge in [0, 0.05) is 31.9 Å². The lowest BCUT2D eigenvalue weighted by Gasteiger charge is -2.33. The molecule has 0 spiro atoms. The van der Waals surface area contributed by atoms with Crippen molar-refractivity contribution in [2.75, 3.05) is 13.1 Å². The van der Waals surface area contributed by atoms with E-state index >= 15 is 0 Å². The number of amides is 1. The van der Waals surface area contributed by atoms with Crippen molar-refractivity contribution >= 4 is 5.91 Å². The number of piperidine rings is 1. The number of allylic oxidation sites excluding steroid dienone is 5. The number of carbonyl (C=O) groups is 1. The van der Waals surface area contributed by atoms with Crippen molar-refractivity contribution in [1.29, 1.82) is 0 Å². The lowest BCUT2D eigenvalue weighted by molar-refractivity contribution is -0.145. The fourth-order valence-electron chi connectivity index (χ4n) is 3.25. The number of aromatic nitrogens is 2. The summed E-state index contributed by atoms with van der Waals surface area (Å²) in [4.78, 5) is 19.9. The van der Waals surface area contributed by atoms with Crippen molar-refractivity contribution in [3.05, 3.63) is 72.1 Å². The molecule has 1 aromatic heterocycles. The molecule has 1 amide bonds. The monoisotopic (exact) mass is 409 g/mol. The van der Waals surface area contributed by atoms with Gasteiger partial charge in [-0.15, -0.1) is 0 Å². The second-order valence-corrected chi connectivity index (χ2v) is 6.81. The molecule has 1 aliphatic heterocycles. The lowest BCUT2D eigenvalue weighted by atomic mass is 9.83. The molecule has 0 bridgehead atoms. The van der Waals surface area contributed by atoms with Crippen LogP contribution in [0.3, 0.4) is 0 Å². The largest absolute Gasteiger partial charge is 0.451 e. The average molecular weight is 409 g/mol. The first-order valence-corrected chi connectivity index (χ1v) is 9.16. The van der Waals surface area contributed by atoms with Gasteiger partial charge < -0.3 is 4.90 Å². The molecule has 8 heteroatoms. The van der Waals surface area contributed by atoms with Gasteiger partial charge in [0.15, 0.2) is 5.83 Å². The Kier molecular flexibility index (Phi) is 7.47. The molecular formula is C21H23F4N3O. The third kappa shape index (κ3) is 6.10. The molecule has 29 heavy (non-hydrogen) atoms. The summed E-state index contributed by atoms with van der Waals surface area (Å²) in [6, 6.07) is 0. The van der Waals surface area contributed by atoms with E-state index in [4.69, 9.17) is 0 Å². The number of likely N-dealkylation sites (tertiary alicyclic amines) is 1. The van der Waals surface area contributed by atoms with E-state index in [1.165, 1.54) is 4.90 Å². The molecule has 0 N–H and O–H groups in total. The Morgan fingerprint density at radius 3 is 2.31 bits per heavy atom. The van der Waals surface area contributed by atoms with Crippen LogP contribution in [0, 0.1) is 5.92 Å². The third-order valence-corrected chi connectivity index (χ3v) is 4.71. The van der Waals surface area contributed by atoms with E-state index in [0.717, 1.165) is 23.5 Å². The molecule has 1 aromatic rings. The second-order valence-electron chi connectivity index (χ2n) is 6.81. The molecule has 1 fully saturated rings. The number of carbonyl (C=O) groups excluding carboxylic acids is 1. The van der Waals surface area contributed by atoms with Gasteiger partial charge >= 0.3 is 6.18 Å². The zero-order valence-corrected chi connectivity index (χ0v) is 16.2. The van der Waals surface area contributed by atoms with Crippen molar-refractivity contribution in [2.45, 2.75) is 32.4 Å². The van der Waals surface area contributed by atoms with Crippen molar-refractivity contribution in [1.82, 2.24) is 14.9 Å². The minimum absolute atomic E-state index is 0.103. The summed E-state index contributed by atoms with van der Waals surface area (Å²) in [6.45, 7) is 9.81. The highest BCUT2D eigenvalue weighted by Gasteiger charge is 2.34. The van der Waals surface area contributed by atoms with Crippen LogP contribution in [-0.4, -0.2) is 33.9 Å². The molecule has 0 aliphatic carbocycles. The van der Waals surface area contributed by atoms with E-state index in [1.807, 2.05) is 25.2 Å². The summed E-state index contributed by atoms with van der Waals surface area (Å²) in [5, 5.41) is 0. The van der Waals surface area contributed by atoms with Gasteiger partial charge in [0.05, 0.1) is 0 Å². The van der Waals surface area contributed by atoms with Gasteiger partial charge in [0.25, 0.3) is 5.91 Å². The first-order chi connectivity index (χ1) is 13.6. The maximum atomic E-state index is 13.1. The smallest absolute Gasteiger partial charge is 0.337 e. The third-order valence-electron chi connectivity index (χ3n) is 4.71. The Balaban J connectivity index is 2.09. The maximum absolute atomic E-state index is 13.1. The molecule has 4 nitrogen and oxygen atoms in total. The highest BCUT2D eigenvalue weighted by Crippen LogP contribution is 2.31. The number of rotatable bonds is 6. The summed E-state index contributed by atoms with van der Waals surface area (Å²) < 4.78 is 50.9. The number of nitrogens with zero attached hydrogens (tertiary/aromatic N) is 3. The van der Waals surface area contributed by atoms with Crippen LogP contribution >= 0.6 is 0 Å². The normalized spacial score (nSPS) is 16.3. The Hall–Kier alpha value is -2.77. The quantitative estimate of drug-likeness (QED) is 0.385. The Labute approximate surface area is 167 Å². The predicted molar refractivity (Wildman–Crippen MR) is 102 cm³/mol. The topological polar surface area (TPSA) is 46.1 Å². The molecular weight excluding hydrogens is 386 g/mol. The molecule has 1 aliphatic rings. The molecule has 156 valence electrons. The maximum Gasteiger partial charge on any atom is 0.451 e. The molecule has 0 saturated carbocycles. The summed E-state index contributed by atoms with van der Waals surface area (Å²) in [5.41, 5.74) is 2.22. The van der Waals surface area contributed by atoms with Crippen LogP contribution in [0.4, 0.5) is 17.6 Å². The van der Waals surface area contributed by atoms with E-state index in [-0.39, 0.29) is 5.92 Å². The Morgan fingerprint density at radius 1 is 1.24 bits per heavy atom. The molecule has 0 atom stereocenters. The van der Waals surface area contributed by atoms with Gasteiger partial charge in [-0.2, -0.15) is 13.2 Å². The first kappa shape index (κ1) is 22.5. The average Bonchev–Trinajstić information content (AvgIpc) is 2.68. The van der Waals surface area contributed by atoms with Crippen molar-refractivity contribution < 1.29 is 22.4 Å². The van der Waals surface area contributed by atoms with Crippen molar-refractivity contribution in [3.63, 3.8) is 0 Å². The summed E-state index contributed by atoms with van der Waals surface area (Å²) >= 11 is 0. The lowest BCUT2D eigenvalue weighted by Crippen LogP contribution is -2.39. The first-order valence-electron chi connectivity index (χ1n) is 9.16. The highest BCUT2D eigenvalue weighted by atomic mass is 19.4. The molecule has 2 rings (SSSR count). The van der Waals surface area contributed by atoms with Crippen LogP contribution in [0.5, 0.6) is 0 Å². The molecule has 0 aromatic carbocycles. The van der Waals surface area contributed by atoms with Crippen LogP contribution in [0.1, 0.15) is 31.2 Å². The van der Waals surface area contributed by atoms with Crippen LogP contribution in [0.25, 0.3) is 0 Å². The number of alkyl halides is 3. The van der Waals surface area contributed by atoms with Gasteiger partial charge in [-0.3, -0.25) is 4.79 Å². The fraction of sp³-hybridized carbons (Fsp3) is 0.381. The van der Waals surface area contributed by atoms with Crippen LogP contribution in [0.15, 0.2) is 60.8 Å². The SMILES string of the molecule is C=C(F)C(=O)N1CCC(/C(=C/C=C\C)C(=C)Cc2cnc(C(F)(F)F)nc2)CC1. The Bertz CT molecular complexity index is 817. The zero-order chi connectivity index (χ0) is 21.6. The molecule has 2 heterocycles. The summed E-state index contributed by atoms with van der Waals surface area (Å²) in [5.74, 6) is -2.74. The molecule has 0 radical (unpaired) electrons. The van der Waals surface area contributed by atoms with Crippen molar-refractivity contribution in [2.24, 2.45) is 5.92 Å². The van der Waals surface area contributed by atoms with Gasteiger partial charge in [0.1, 0.15) is 0 Å². The predicted octanol–water partition coefficient (Wildman–Crippen LogP) is 4.82. The number of hydrogen-bond donors (Lipinski definition) is 0. The van der Waals surface area contributed by atoms with E-state index in [0.29, 0.717) is 37.9 Å². The van der Waals surface area contributed by atoms with E-state index in [1.54, 1.807) is 0 Å². The second kappa shape index (κ2) is 9.62. The molecule has 0 unspecified atom stereocenters. The van der Waals surface area contributed by atoms with Crippen LogP contribution < -0.4 is 0 Å². The van der Waals surface area contributed by atoms with E-state index in [2.05, 4.69) is 23.1 Å². The minimum Gasteiger partial charge on any atom is -0.337 e. The zero-order valence-electron chi connectivity index (χ0n) is 16.2. The van der Waals surface area contributed by atoms with Crippen LogP contribution in [-0.2, 0) is 17.4 Å². The summed E-state index contributed by atoms with van der Waals surface area (Å²) in [6.07, 6.45) is 4.94. The van der Waals surface area contributed by atoms with Crippen molar-refractivity contribution in [3.8, 4) is 0 Å². The summed E-state index contributed by atoms with van der Waals surface area (Å²) in [7, 11) is 0. The highest BCUT2D eigenvalue weighted by molar-refractivity contribution is 5.90. The van der Waals surface area contributed by atoms with Gasteiger partial charge in [-0.1, -0.05) is 31.4 Å². The number of halogens is 4. The minimum atomic E-state index is -4.58.